The van der Waals surface area contributed by atoms with E-state index >= 15 is 0 Å². The Balaban J connectivity index is 1.22. The first-order valence-corrected chi connectivity index (χ1v) is 15.6. The highest BCUT2D eigenvalue weighted by Gasteiger charge is 2.54. The monoisotopic (exact) mass is 655 g/mol. The molecule has 47 heavy (non-hydrogen) atoms. The number of non-ortho nitro benzene ring substituents is 1. The normalized spacial score (nSPS) is 17.1. The molecule has 1 amide bonds. The van der Waals surface area contributed by atoms with Crippen molar-refractivity contribution in [3.8, 4) is 0 Å². The van der Waals surface area contributed by atoms with Gasteiger partial charge in [-0.2, -0.15) is 4.73 Å². The van der Waals surface area contributed by atoms with Crippen molar-refractivity contribution < 1.29 is 34.0 Å². The molecule has 0 aliphatic carbocycles. The molecule has 1 unspecified atom stereocenters. The van der Waals surface area contributed by atoms with E-state index in [0.717, 1.165) is 15.9 Å². The number of imidazole rings is 1. The van der Waals surface area contributed by atoms with Gasteiger partial charge in [-0.05, 0) is 16.7 Å². The summed E-state index contributed by atoms with van der Waals surface area (Å²) in [4.78, 5) is 55.3. The second-order valence-corrected chi connectivity index (χ2v) is 12.0. The van der Waals surface area contributed by atoms with Crippen LogP contribution in [0.1, 0.15) is 35.4 Å². The summed E-state index contributed by atoms with van der Waals surface area (Å²) in [6.07, 6.45) is 0.905. The Labute approximate surface area is 272 Å². The van der Waals surface area contributed by atoms with Gasteiger partial charge in [-0.1, -0.05) is 72.8 Å². The lowest BCUT2D eigenvalue weighted by molar-refractivity contribution is -0.384. The molecular formula is C33H29N5O8S. The van der Waals surface area contributed by atoms with E-state index in [1.807, 2.05) is 60.7 Å². The Morgan fingerprint density at radius 2 is 1.70 bits per heavy atom. The molecular weight excluding hydrogens is 626 g/mol. The van der Waals surface area contributed by atoms with E-state index in [2.05, 4.69) is 10.3 Å². The number of nitrogens with one attached hydrogen (secondary N) is 1. The van der Waals surface area contributed by atoms with Crippen molar-refractivity contribution in [1.82, 2.24) is 14.6 Å². The smallest absolute Gasteiger partial charge is 0.356 e. The van der Waals surface area contributed by atoms with Gasteiger partial charge in [0.15, 0.2) is 6.10 Å². The summed E-state index contributed by atoms with van der Waals surface area (Å²) in [5.41, 5.74) is 2.99. The Morgan fingerprint density at radius 3 is 2.30 bits per heavy atom. The number of anilines is 1. The molecule has 13 nitrogen and oxygen atoms in total. The third-order valence-electron chi connectivity index (χ3n) is 7.75. The number of nitro benzene ring substituents is 1. The number of aromatic nitrogens is 2. The minimum atomic E-state index is -0.836. The lowest BCUT2D eigenvalue weighted by atomic mass is 10.0. The zero-order valence-electron chi connectivity index (χ0n) is 25.0. The third-order valence-corrected chi connectivity index (χ3v) is 9.08. The molecule has 0 spiro atoms. The summed E-state index contributed by atoms with van der Waals surface area (Å²) in [5, 5.41) is 24.2. The SMILES string of the molecule is CC(=O)OCC1=C(C(=O)OC(c2ccccc2)c2ccccc2)N2C(=O)C(Nc3ncc(Cc4ccc([N+](=O)[O-])cc4)n3O)[C@@H]2SC1. The van der Waals surface area contributed by atoms with E-state index < -0.39 is 40.3 Å². The van der Waals surface area contributed by atoms with Crippen LogP contribution in [-0.2, 0) is 30.3 Å². The van der Waals surface area contributed by atoms with Gasteiger partial charge in [0.2, 0.25) is 5.95 Å². The number of amides is 1. The van der Waals surface area contributed by atoms with Crippen LogP contribution in [0.4, 0.5) is 11.6 Å². The largest absolute Gasteiger partial charge is 0.461 e. The Kier molecular flexibility index (Phi) is 8.93. The number of thioether (sulfide) groups is 1. The minimum absolute atomic E-state index is 0.0149. The molecule has 1 fully saturated rings. The van der Waals surface area contributed by atoms with Gasteiger partial charge >= 0.3 is 11.9 Å². The van der Waals surface area contributed by atoms with Crippen LogP contribution in [0.15, 0.2) is 102 Å². The molecule has 4 aromatic rings. The van der Waals surface area contributed by atoms with Crippen LogP contribution in [0.25, 0.3) is 0 Å². The minimum Gasteiger partial charge on any atom is -0.461 e. The number of rotatable bonds is 11. The molecule has 1 saturated heterocycles. The first kappa shape index (κ1) is 31.4. The quantitative estimate of drug-likeness (QED) is 0.0770. The van der Waals surface area contributed by atoms with Gasteiger partial charge in [0.05, 0.1) is 16.8 Å². The van der Waals surface area contributed by atoms with Crippen molar-refractivity contribution in [3.63, 3.8) is 0 Å². The number of ether oxygens (including phenoxy) is 2. The van der Waals surface area contributed by atoms with E-state index in [1.165, 1.54) is 41.9 Å². The number of esters is 2. The summed E-state index contributed by atoms with van der Waals surface area (Å²) < 4.78 is 12.2. The lowest BCUT2D eigenvalue weighted by Gasteiger charge is -2.49. The van der Waals surface area contributed by atoms with Crippen molar-refractivity contribution in [1.29, 1.82) is 0 Å². The van der Waals surface area contributed by atoms with Crippen LogP contribution in [0, 0.1) is 10.1 Å². The Morgan fingerprint density at radius 1 is 1.06 bits per heavy atom. The number of nitro groups is 1. The number of carbonyl (C=O) groups is 3. The molecule has 14 heteroatoms. The van der Waals surface area contributed by atoms with E-state index in [1.54, 1.807) is 12.1 Å². The summed E-state index contributed by atoms with van der Waals surface area (Å²) in [6.45, 7) is 1.08. The molecule has 240 valence electrons. The third kappa shape index (κ3) is 6.53. The summed E-state index contributed by atoms with van der Waals surface area (Å²) in [5.74, 6) is -1.42. The number of hydrogen-bond donors (Lipinski definition) is 2. The standard InChI is InChI=1S/C33H29N5O8S/c1-20(39)45-18-24-19-47-31-27(35-33-34-17-26(37(33)42)16-21-12-14-25(15-13-21)38(43)44)30(40)36(31)28(24)32(41)46-29(22-8-4-2-5-9-22)23-10-6-3-7-11-23/h2-15,17,27,29,31,42H,16,18-19H2,1H3,(H,34,35)/t27?,31-/m0/s1. The molecule has 2 N–H and O–H groups in total. The Hall–Kier alpha value is -5.63. The molecule has 0 radical (unpaired) electrons. The summed E-state index contributed by atoms with van der Waals surface area (Å²) in [6, 6.07) is 23.6. The van der Waals surface area contributed by atoms with Gasteiger partial charge < -0.3 is 20.0 Å². The zero-order valence-corrected chi connectivity index (χ0v) is 25.8. The molecule has 3 heterocycles. The molecule has 0 saturated carbocycles. The fraction of sp³-hybridized carbons (Fsp3) is 0.212. The van der Waals surface area contributed by atoms with E-state index in [9.17, 15) is 29.7 Å². The predicted octanol–water partition coefficient (Wildman–Crippen LogP) is 4.47. The number of fused-ring (bicyclic) bond motifs is 1. The fourth-order valence-corrected chi connectivity index (χ4v) is 6.73. The molecule has 6 rings (SSSR count). The maximum Gasteiger partial charge on any atom is 0.356 e. The van der Waals surface area contributed by atoms with Crippen LogP contribution >= 0.6 is 11.8 Å². The van der Waals surface area contributed by atoms with Crippen LogP contribution in [0.2, 0.25) is 0 Å². The lowest BCUT2D eigenvalue weighted by Crippen LogP contribution is -2.68. The van der Waals surface area contributed by atoms with Gasteiger partial charge in [0.1, 0.15) is 23.7 Å². The van der Waals surface area contributed by atoms with Crippen molar-refractivity contribution in [3.05, 3.63) is 135 Å². The second-order valence-electron chi connectivity index (χ2n) is 10.9. The average molecular weight is 656 g/mol. The molecule has 1 aromatic heterocycles. The van der Waals surface area contributed by atoms with Crippen LogP contribution in [0.3, 0.4) is 0 Å². The summed E-state index contributed by atoms with van der Waals surface area (Å²) in [7, 11) is 0. The molecule has 0 bridgehead atoms. The summed E-state index contributed by atoms with van der Waals surface area (Å²) >= 11 is 1.37. The first-order chi connectivity index (χ1) is 22.7. The van der Waals surface area contributed by atoms with Gasteiger partial charge in [-0.25, -0.2) is 9.78 Å². The maximum absolute atomic E-state index is 14.0. The van der Waals surface area contributed by atoms with Crippen LogP contribution in [-0.4, -0.2) is 66.4 Å². The number of nitrogens with zero attached hydrogens (tertiary/aromatic N) is 4. The highest BCUT2D eigenvalue weighted by Crippen LogP contribution is 2.42. The maximum atomic E-state index is 14.0. The van der Waals surface area contributed by atoms with Gasteiger partial charge in [0, 0.05) is 36.8 Å². The molecule has 2 atom stereocenters. The molecule has 2 aliphatic heterocycles. The Bertz CT molecular complexity index is 1810. The van der Waals surface area contributed by atoms with Gasteiger partial charge in [-0.15, -0.1) is 11.8 Å². The molecule has 3 aromatic carbocycles. The number of β-lactam (4-membered cyclic amide) rings is 1. The zero-order chi connectivity index (χ0) is 33.1. The number of carbonyl (C=O) groups excluding carboxylic acids is 3. The van der Waals surface area contributed by atoms with Crippen LogP contribution < -0.4 is 5.32 Å². The topological polar surface area (TPSA) is 166 Å². The second kappa shape index (κ2) is 13.4. The van der Waals surface area contributed by atoms with E-state index in [0.29, 0.717) is 16.8 Å². The van der Waals surface area contributed by atoms with Gasteiger partial charge in [0.25, 0.3) is 11.6 Å². The highest BCUT2D eigenvalue weighted by molar-refractivity contribution is 8.00. The number of hydrogen-bond acceptors (Lipinski definition) is 11. The predicted molar refractivity (Wildman–Crippen MR) is 170 cm³/mol. The fourth-order valence-electron chi connectivity index (χ4n) is 5.40. The first-order valence-electron chi connectivity index (χ1n) is 14.6. The van der Waals surface area contributed by atoms with Crippen molar-refractivity contribution in [2.45, 2.75) is 30.9 Å². The highest BCUT2D eigenvalue weighted by atomic mass is 32.2. The molecule has 2 aliphatic rings. The van der Waals surface area contributed by atoms with Crippen molar-refractivity contribution in [2.24, 2.45) is 0 Å². The van der Waals surface area contributed by atoms with E-state index in [-0.39, 0.29) is 36.1 Å². The van der Waals surface area contributed by atoms with Crippen molar-refractivity contribution >= 4 is 41.2 Å². The van der Waals surface area contributed by atoms with Crippen LogP contribution in [0.5, 0.6) is 0 Å². The van der Waals surface area contributed by atoms with Gasteiger partial charge in [-0.3, -0.25) is 24.6 Å². The number of benzene rings is 3. The average Bonchev–Trinajstić information content (AvgIpc) is 3.43. The van der Waals surface area contributed by atoms with Crippen molar-refractivity contribution in [2.75, 3.05) is 17.7 Å². The van der Waals surface area contributed by atoms with E-state index in [4.69, 9.17) is 9.47 Å².